The highest BCUT2D eigenvalue weighted by molar-refractivity contribution is 5.97. The summed E-state index contributed by atoms with van der Waals surface area (Å²) in [6.45, 7) is 0. The summed E-state index contributed by atoms with van der Waals surface area (Å²) < 4.78 is 1.39. The fourth-order valence-electron chi connectivity index (χ4n) is 2.30. The van der Waals surface area contributed by atoms with Crippen molar-refractivity contribution in [3.8, 4) is 6.07 Å². The molecule has 1 N–H and O–H groups in total. The molecule has 1 heterocycles. The normalized spacial score (nSPS) is 17.1. The molecule has 0 radical (unpaired) electrons. The Bertz CT molecular complexity index is 562. The Kier molecular flexibility index (Phi) is 3.19. The number of aryl methyl sites for hydroxylation is 1. The van der Waals surface area contributed by atoms with Crippen LogP contribution >= 0.6 is 0 Å². The molecule has 2 rings (SSSR count). The van der Waals surface area contributed by atoms with Gasteiger partial charge in [-0.15, -0.1) is 0 Å². The molecule has 1 aromatic heterocycles. The number of rotatable bonds is 2. The number of anilines is 1. The van der Waals surface area contributed by atoms with Gasteiger partial charge in [0.05, 0.1) is 6.07 Å². The van der Waals surface area contributed by atoms with Crippen molar-refractivity contribution < 1.29 is 4.79 Å². The number of nitriles is 1. The molecule has 94 valence electrons. The van der Waals surface area contributed by atoms with E-state index in [0.29, 0.717) is 12.8 Å². The van der Waals surface area contributed by atoms with Crippen LogP contribution in [0.15, 0.2) is 23.1 Å². The Morgan fingerprint density at radius 2 is 2.17 bits per heavy atom. The molecule has 0 aliphatic heterocycles. The van der Waals surface area contributed by atoms with Gasteiger partial charge in [0.15, 0.2) is 0 Å². The second-order valence-corrected chi connectivity index (χ2v) is 4.69. The van der Waals surface area contributed by atoms with Crippen LogP contribution in [0.2, 0.25) is 0 Å². The third-order valence-corrected chi connectivity index (χ3v) is 3.48. The zero-order chi connectivity index (χ0) is 13.2. The van der Waals surface area contributed by atoms with Crippen LogP contribution in [-0.4, -0.2) is 10.5 Å². The lowest BCUT2D eigenvalue weighted by Gasteiger charge is -2.19. The number of pyridine rings is 1. The van der Waals surface area contributed by atoms with E-state index in [0.717, 1.165) is 12.8 Å². The number of carbonyl (C=O) groups excluding carboxylic acids is 1. The Morgan fingerprint density at radius 1 is 1.50 bits per heavy atom. The van der Waals surface area contributed by atoms with Crippen molar-refractivity contribution >= 4 is 11.6 Å². The first kappa shape index (κ1) is 12.4. The summed E-state index contributed by atoms with van der Waals surface area (Å²) in [7, 11) is 1.62. The maximum atomic E-state index is 12.1. The SMILES string of the molecule is Cn1cccc(NC(=O)C2(C#N)CCCC2)c1=O. The van der Waals surface area contributed by atoms with Gasteiger partial charge in [0.25, 0.3) is 5.56 Å². The lowest BCUT2D eigenvalue weighted by molar-refractivity contribution is -0.122. The van der Waals surface area contributed by atoms with E-state index in [1.165, 1.54) is 4.57 Å². The summed E-state index contributed by atoms with van der Waals surface area (Å²) in [6, 6.07) is 5.35. The van der Waals surface area contributed by atoms with Gasteiger partial charge in [-0.25, -0.2) is 0 Å². The van der Waals surface area contributed by atoms with Crippen molar-refractivity contribution in [2.75, 3.05) is 5.32 Å². The number of aromatic nitrogens is 1. The number of carbonyl (C=O) groups is 1. The van der Waals surface area contributed by atoms with E-state index in [1.54, 1.807) is 25.4 Å². The number of hydrogen-bond donors (Lipinski definition) is 1. The van der Waals surface area contributed by atoms with Crippen molar-refractivity contribution in [1.82, 2.24) is 4.57 Å². The first-order chi connectivity index (χ1) is 8.59. The molecule has 1 aromatic rings. The maximum absolute atomic E-state index is 12.1. The van der Waals surface area contributed by atoms with Gasteiger partial charge in [0.2, 0.25) is 5.91 Å². The summed E-state index contributed by atoms with van der Waals surface area (Å²) in [5.74, 6) is -0.356. The van der Waals surface area contributed by atoms with E-state index in [-0.39, 0.29) is 17.2 Å². The van der Waals surface area contributed by atoms with E-state index >= 15 is 0 Å². The zero-order valence-electron chi connectivity index (χ0n) is 10.3. The van der Waals surface area contributed by atoms with Crippen LogP contribution in [0.4, 0.5) is 5.69 Å². The molecule has 1 aliphatic rings. The predicted octanol–water partition coefficient (Wildman–Crippen LogP) is 1.41. The topological polar surface area (TPSA) is 74.9 Å². The second-order valence-electron chi connectivity index (χ2n) is 4.69. The molecule has 0 atom stereocenters. The van der Waals surface area contributed by atoms with Crippen molar-refractivity contribution in [2.45, 2.75) is 25.7 Å². The highest BCUT2D eigenvalue weighted by atomic mass is 16.2. The third kappa shape index (κ3) is 2.02. The average Bonchev–Trinajstić information content (AvgIpc) is 2.85. The molecule has 5 nitrogen and oxygen atoms in total. The molecule has 0 unspecified atom stereocenters. The summed E-state index contributed by atoms with van der Waals surface area (Å²) in [6.07, 6.45) is 4.53. The molecule has 0 saturated heterocycles. The molecule has 5 heteroatoms. The summed E-state index contributed by atoms with van der Waals surface area (Å²) in [5.41, 5.74) is -0.996. The maximum Gasteiger partial charge on any atom is 0.274 e. The number of nitrogens with zero attached hydrogens (tertiary/aromatic N) is 2. The smallest absolute Gasteiger partial charge is 0.274 e. The van der Waals surface area contributed by atoms with Crippen LogP contribution in [0.25, 0.3) is 0 Å². The van der Waals surface area contributed by atoms with E-state index in [4.69, 9.17) is 0 Å². The summed E-state index contributed by atoms with van der Waals surface area (Å²) in [5, 5.41) is 11.8. The van der Waals surface area contributed by atoms with Crippen LogP contribution in [0.1, 0.15) is 25.7 Å². The summed E-state index contributed by atoms with van der Waals surface area (Å²) >= 11 is 0. The van der Waals surface area contributed by atoms with Crippen LogP contribution in [0.3, 0.4) is 0 Å². The quantitative estimate of drug-likeness (QED) is 0.855. The first-order valence-corrected chi connectivity index (χ1v) is 5.97. The molecule has 1 saturated carbocycles. The highest BCUT2D eigenvalue weighted by Gasteiger charge is 2.41. The van der Waals surface area contributed by atoms with Gasteiger partial charge in [0, 0.05) is 13.2 Å². The number of nitrogens with one attached hydrogen (secondary N) is 1. The fraction of sp³-hybridized carbons (Fsp3) is 0.462. The third-order valence-electron chi connectivity index (χ3n) is 3.48. The van der Waals surface area contributed by atoms with Gasteiger partial charge in [-0.3, -0.25) is 9.59 Å². The van der Waals surface area contributed by atoms with Gasteiger partial charge in [-0.2, -0.15) is 5.26 Å². The minimum Gasteiger partial charge on any atom is -0.320 e. The molecule has 1 aliphatic carbocycles. The molecule has 1 fully saturated rings. The van der Waals surface area contributed by atoms with E-state index in [1.807, 2.05) is 0 Å². The van der Waals surface area contributed by atoms with Crippen LogP contribution in [-0.2, 0) is 11.8 Å². The van der Waals surface area contributed by atoms with Gasteiger partial charge in [-0.1, -0.05) is 12.8 Å². The van der Waals surface area contributed by atoms with Crippen LogP contribution < -0.4 is 10.9 Å². The molecule has 0 aromatic carbocycles. The number of amides is 1. The molecule has 1 amide bonds. The minimum absolute atomic E-state index is 0.228. The Labute approximate surface area is 105 Å². The van der Waals surface area contributed by atoms with E-state index in [2.05, 4.69) is 11.4 Å². The van der Waals surface area contributed by atoms with E-state index < -0.39 is 5.41 Å². The second kappa shape index (κ2) is 4.65. The molecule has 0 bridgehead atoms. The Balaban J connectivity index is 2.24. The minimum atomic E-state index is -0.957. The zero-order valence-corrected chi connectivity index (χ0v) is 10.3. The highest BCUT2D eigenvalue weighted by Crippen LogP contribution is 2.38. The Morgan fingerprint density at radius 3 is 2.78 bits per heavy atom. The lowest BCUT2D eigenvalue weighted by atomic mass is 9.87. The largest absolute Gasteiger partial charge is 0.320 e. The standard InChI is InChI=1S/C13H15N3O2/c1-16-8-4-5-10(11(16)17)15-12(18)13(9-14)6-2-3-7-13/h4-5,8H,2-3,6-7H2,1H3,(H,15,18). The monoisotopic (exact) mass is 245 g/mol. The molecule has 18 heavy (non-hydrogen) atoms. The Hall–Kier alpha value is -2.09. The van der Waals surface area contributed by atoms with Crippen LogP contribution in [0.5, 0.6) is 0 Å². The van der Waals surface area contributed by atoms with E-state index in [9.17, 15) is 14.9 Å². The van der Waals surface area contributed by atoms with Crippen molar-refractivity contribution in [3.63, 3.8) is 0 Å². The van der Waals surface area contributed by atoms with Gasteiger partial charge < -0.3 is 9.88 Å². The molecule has 0 spiro atoms. The molecular weight excluding hydrogens is 230 g/mol. The fourth-order valence-corrected chi connectivity index (χ4v) is 2.30. The predicted molar refractivity (Wildman–Crippen MR) is 66.8 cm³/mol. The van der Waals surface area contributed by atoms with Crippen molar-refractivity contribution in [3.05, 3.63) is 28.7 Å². The van der Waals surface area contributed by atoms with Gasteiger partial charge in [-0.05, 0) is 25.0 Å². The van der Waals surface area contributed by atoms with Crippen molar-refractivity contribution in [1.29, 1.82) is 5.26 Å². The lowest BCUT2D eigenvalue weighted by Crippen LogP contribution is -2.34. The van der Waals surface area contributed by atoms with Crippen molar-refractivity contribution in [2.24, 2.45) is 12.5 Å². The molecular formula is C13H15N3O2. The van der Waals surface area contributed by atoms with Gasteiger partial charge in [0.1, 0.15) is 11.1 Å². The number of hydrogen-bond acceptors (Lipinski definition) is 3. The average molecular weight is 245 g/mol. The van der Waals surface area contributed by atoms with Gasteiger partial charge >= 0.3 is 0 Å². The van der Waals surface area contributed by atoms with Crippen LogP contribution in [0, 0.1) is 16.7 Å². The summed E-state index contributed by atoms with van der Waals surface area (Å²) in [4.78, 5) is 23.9. The first-order valence-electron chi connectivity index (χ1n) is 5.97.